The fraction of sp³-hybridized carbons (Fsp3) is 0.538. The summed E-state index contributed by atoms with van der Waals surface area (Å²) < 4.78 is 27.2. The number of rotatable bonds is 6. The van der Waals surface area contributed by atoms with Crippen LogP contribution in [0.25, 0.3) is 0 Å². The molecule has 0 fully saturated rings. The monoisotopic (exact) mass is 270 g/mol. The van der Waals surface area contributed by atoms with E-state index >= 15 is 0 Å². The third kappa shape index (κ3) is 4.08. The van der Waals surface area contributed by atoms with Crippen LogP contribution in [0.5, 0.6) is 0 Å². The van der Waals surface area contributed by atoms with E-state index in [2.05, 4.69) is 4.72 Å². The van der Waals surface area contributed by atoms with Gasteiger partial charge in [0.15, 0.2) is 0 Å². The van der Waals surface area contributed by atoms with Gasteiger partial charge in [-0.1, -0.05) is 26.0 Å². The van der Waals surface area contributed by atoms with Gasteiger partial charge in [0.2, 0.25) is 10.0 Å². The summed E-state index contributed by atoms with van der Waals surface area (Å²) >= 11 is 0. The average Bonchev–Trinajstić information content (AvgIpc) is 2.28. The molecule has 0 heterocycles. The normalized spacial score (nSPS) is 13.8. The Balaban J connectivity index is 2.93. The van der Waals surface area contributed by atoms with Crippen molar-refractivity contribution in [2.75, 3.05) is 6.54 Å². The molecule has 1 unspecified atom stereocenters. The molecule has 0 bridgehead atoms. The number of benzene rings is 1. The van der Waals surface area contributed by atoms with Gasteiger partial charge < -0.3 is 5.73 Å². The van der Waals surface area contributed by atoms with Crippen molar-refractivity contribution >= 4 is 10.0 Å². The molecule has 3 N–H and O–H groups in total. The maximum atomic E-state index is 12.2. The summed E-state index contributed by atoms with van der Waals surface area (Å²) in [6, 6.07) is 6.77. The maximum absolute atomic E-state index is 12.2. The van der Waals surface area contributed by atoms with Crippen molar-refractivity contribution in [3.05, 3.63) is 29.8 Å². The fourth-order valence-corrected chi connectivity index (χ4v) is 3.28. The van der Waals surface area contributed by atoms with Gasteiger partial charge >= 0.3 is 0 Å². The standard InChI is InChI=1S/C13H22N2O2S/c1-10(2)13(7-8-14)15-18(16,17)12-6-4-5-11(3)9-12/h4-6,9-10,13,15H,7-8,14H2,1-3H3. The van der Waals surface area contributed by atoms with Gasteiger partial charge in [0.05, 0.1) is 4.90 Å². The van der Waals surface area contributed by atoms with E-state index in [1.807, 2.05) is 26.8 Å². The number of hydrogen-bond donors (Lipinski definition) is 2. The zero-order valence-electron chi connectivity index (χ0n) is 11.2. The Labute approximate surface area is 110 Å². The van der Waals surface area contributed by atoms with Crippen LogP contribution in [0.4, 0.5) is 0 Å². The summed E-state index contributed by atoms with van der Waals surface area (Å²) in [6.07, 6.45) is 0.642. The molecule has 1 atom stereocenters. The summed E-state index contributed by atoms with van der Waals surface area (Å²) in [5.41, 5.74) is 6.44. The van der Waals surface area contributed by atoms with Gasteiger partial charge in [-0.2, -0.15) is 0 Å². The van der Waals surface area contributed by atoms with Crippen LogP contribution in [0.2, 0.25) is 0 Å². The lowest BCUT2D eigenvalue weighted by atomic mass is 10.0. The molecular weight excluding hydrogens is 248 g/mol. The minimum atomic E-state index is -3.45. The third-order valence-electron chi connectivity index (χ3n) is 2.89. The second-order valence-corrected chi connectivity index (χ2v) is 6.58. The van der Waals surface area contributed by atoms with Crippen LogP contribution >= 0.6 is 0 Å². The van der Waals surface area contributed by atoms with Crippen molar-refractivity contribution in [1.29, 1.82) is 0 Å². The molecule has 0 aromatic heterocycles. The topological polar surface area (TPSA) is 72.2 Å². The second-order valence-electron chi connectivity index (χ2n) is 4.87. The van der Waals surface area contributed by atoms with E-state index in [-0.39, 0.29) is 12.0 Å². The lowest BCUT2D eigenvalue weighted by Crippen LogP contribution is -2.39. The Hall–Kier alpha value is -0.910. The Bertz CT molecular complexity index is 484. The van der Waals surface area contributed by atoms with E-state index in [1.165, 1.54) is 0 Å². The van der Waals surface area contributed by atoms with Crippen molar-refractivity contribution < 1.29 is 8.42 Å². The van der Waals surface area contributed by atoms with Gasteiger partial charge in [-0.3, -0.25) is 0 Å². The minimum absolute atomic E-state index is 0.125. The quantitative estimate of drug-likeness (QED) is 0.825. The molecule has 0 aliphatic carbocycles. The predicted molar refractivity (Wildman–Crippen MR) is 73.8 cm³/mol. The van der Waals surface area contributed by atoms with E-state index in [4.69, 9.17) is 5.73 Å². The first kappa shape index (κ1) is 15.1. The maximum Gasteiger partial charge on any atom is 0.240 e. The molecule has 1 aromatic carbocycles. The van der Waals surface area contributed by atoms with Crippen LogP contribution in [0, 0.1) is 12.8 Å². The number of nitrogens with one attached hydrogen (secondary N) is 1. The van der Waals surface area contributed by atoms with Crippen molar-refractivity contribution in [2.45, 2.75) is 38.1 Å². The van der Waals surface area contributed by atoms with Gasteiger partial charge in [0.1, 0.15) is 0 Å². The molecule has 0 aliphatic heterocycles. The molecule has 0 aliphatic rings. The van der Waals surface area contributed by atoms with Crippen molar-refractivity contribution in [1.82, 2.24) is 4.72 Å². The van der Waals surface area contributed by atoms with Gasteiger partial charge in [0.25, 0.3) is 0 Å². The van der Waals surface area contributed by atoms with Crippen molar-refractivity contribution in [2.24, 2.45) is 11.7 Å². The van der Waals surface area contributed by atoms with Crippen LogP contribution in [0.15, 0.2) is 29.2 Å². The largest absolute Gasteiger partial charge is 0.330 e. The first-order valence-corrected chi connectivity index (χ1v) is 7.64. The van der Waals surface area contributed by atoms with Crippen LogP contribution < -0.4 is 10.5 Å². The van der Waals surface area contributed by atoms with Crippen molar-refractivity contribution in [3.63, 3.8) is 0 Å². The Kier molecular flexibility index (Phi) is 5.31. The van der Waals surface area contributed by atoms with E-state index in [0.29, 0.717) is 17.9 Å². The van der Waals surface area contributed by atoms with E-state index in [9.17, 15) is 8.42 Å². The highest BCUT2D eigenvalue weighted by atomic mass is 32.2. The highest BCUT2D eigenvalue weighted by Crippen LogP contribution is 2.14. The molecule has 0 saturated carbocycles. The molecule has 0 amide bonds. The van der Waals surface area contributed by atoms with Gasteiger partial charge in [-0.25, -0.2) is 13.1 Å². The third-order valence-corrected chi connectivity index (χ3v) is 4.38. The number of aryl methyl sites for hydroxylation is 1. The first-order chi connectivity index (χ1) is 8.36. The summed E-state index contributed by atoms with van der Waals surface area (Å²) in [5, 5.41) is 0. The van der Waals surface area contributed by atoms with E-state index in [0.717, 1.165) is 5.56 Å². The van der Waals surface area contributed by atoms with Gasteiger partial charge in [-0.15, -0.1) is 0 Å². The van der Waals surface area contributed by atoms with Crippen LogP contribution in [0.3, 0.4) is 0 Å². The lowest BCUT2D eigenvalue weighted by molar-refractivity contribution is 0.428. The van der Waals surface area contributed by atoms with Crippen LogP contribution in [-0.4, -0.2) is 21.0 Å². The molecule has 18 heavy (non-hydrogen) atoms. The number of nitrogens with two attached hydrogens (primary N) is 1. The molecule has 1 aromatic rings. The van der Waals surface area contributed by atoms with Gasteiger partial charge in [0, 0.05) is 6.04 Å². The van der Waals surface area contributed by atoms with E-state index in [1.54, 1.807) is 18.2 Å². The predicted octanol–water partition coefficient (Wildman–Crippen LogP) is 1.65. The fourth-order valence-electron chi connectivity index (χ4n) is 1.76. The minimum Gasteiger partial charge on any atom is -0.330 e. The number of sulfonamides is 1. The average molecular weight is 270 g/mol. The van der Waals surface area contributed by atoms with E-state index < -0.39 is 10.0 Å². The molecule has 0 saturated heterocycles. The highest BCUT2D eigenvalue weighted by molar-refractivity contribution is 7.89. The Morgan fingerprint density at radius 3 is 2.50 bits per heavy atom. The molecule has 0 radical (unpaired) electrons. The highest BCUT2D eigenvalue weighted by Gasteiger charge is 2.21. The second kappa shape index (κ2) is 6.31. The molecule has 5 heteroatoms. The summed E-state index contributed by atoms with van der Waals surface area (Å²) in [5.74, 6) is 0.216. The zero-order valence-corrected chi connectivity index (χ0v) is 12.0. The lowest BCUT2D eigenvalue weighted by Gasteiger charge is -2.21. The zero-order chi connectivity index (χ0) is 13.8. The summed E-state index contributed by atoms with van der Waals surface area (Å²) in [4.78, 5) is 0.310. The summed E-state index contributed by atoms with van der Waals surface area (Å²) in [7, 11) is -3.45. The van der Waals surface area contributed by atoms with Crippen LogP contribution in [-0.2, 0) is 10.0 Å². The smallest absolute Gasteiger partial charge is 0.240 e. The van der Waals surface area contributed by atoms with Crippen molar-refractivity contribution in [3.8, 4) is 0 Å². The van der Waals surface area contributed by atoms with Crippen LogP contribution in [0.1, 0.15) is 25.8 Å². The molecule has 4 nitrogen and oxygen atoms in total. The molecule has 102 valence electrons. The Morgan fingerprint density at radius 2 is 2.00 bits per heavy atom. The van der Waals surface area contributed by atoms with Gasteiger partial charge in [-0.05, 0) is 43.5 Å². The summed E-state index contributed by atoms with van der Waals surface area (Å²) in [6.45, 7) is 6.32. The number of hydrogen-bond acceptors (Lipinski definition) is 3. The molecular formula is C13H22N2O2S. The first-order valence-electron chi connectivity index (χ1n) is 6.16. The molecule has 1 rings (SSSR count). The molecule has 0 spiro atoms. The Morgan fingerprint density at radius 1 is 1.33 bits per heavy atom. The SMILES string of the molecule is Cc1cccc(S(=O)(=O)NC(CCN)C(C)C)c1.